The summed E-state index contributed by atoms with van der Waals surface area (Å²) in [6.45, 7) is 6.40. The molecule has 170 valence electrons. The van der Waals surface area contributed by atoms with Crippen LogP contribution in [0.25, 0.3) is 16.7 Å². The van der Waals surface area contributed by atoms with E-state index in [0.29, 0.717) is 30.1 Å². The third-order valence-electron chi connectivity index (χ3n) is 6.19. The molecule has 1 N–H and O–H groups in total. The van der Waals surface area contributed by atoms with Gasteiger partial charge < -0.3 is 10.2 Å². The standard InChI is InChI=1S/C24H26N6O2S/c1-3-29-23(32)18-7-4-5-10-20(18)30-21(26-27-24(29)30)15-25-19-9-6-8-17(16(19)2)22(31)28-11-13-33-14-12-28/h4-10,25H,3,11-15H2,1-2H3. The monoisotopic (exact) mass is 462 g/mol. The zero-order chi connectivity index (χ0) is 22.9. The smallest absolute Gasteiger partial charge is 0.262 e. The molecule has 9 heteroatoms. The number of carbonyl (C=O) groups is 1. The van der Waals surface area contributed by atoms with E-state index in [4.69, 9.17) is 0 Å². The Morgan fingerprint density at radius 1 is 1.09 bits per heavy atom. The third kappa shape index (κ3) is 3.76. The topological polar surface area (TPSA) is 84.5 Å². The van der Waals surface area contributed by atoms with Gasteiger partial charge in [0.25, 0.3) is 11.5 Å². The number of nitrogens with one attached hydrogen (secondary N) is 1. The van der Waals surface area contributed by atoms with Crippen LogP contribution in [0.15, 0.2) is 47.3 Å². The van der Waals surface area contributed by atoms with Gasteiger partial charge in [-0.25, -0.2) is 0 Å². The van der Waals surface area contributed by atoms with E-state index in [1.54, 1.807) is 4.57 Å². The molecule has 0 radical (unpaired) electrons. The summed E-state index contributed by atoms with van der Waals surface area (Å²) in [6, 6.07) is 13.3. The van der Waals surface area contributed by atoms with Gasteiger partial charge in [-0.3, -0.25) is 18.6 Å². The fourth-order valence-corrected chi connectivity index (χ4v) is 5.29. The zero-order valence-electron chi connectivity index (χ0n) is 18.7. The van der Waals surface area contributed by atoms with E-state index in [-0.39, 0.29) is 11.5 Å². The molecule has 2 aromatic carbocycles. The summed E-state index contributed by atoms with van der Waals surface area (Å²) < 4.78 is 3.57. The molecule has 8 nitrogen and oxygen atoms in total. The average molecular weight is 463 g/mol. The van der Waals surface area contributed by atoms with E-state index in [1.807, 2.05) is 77.4 Å². The maximum Gasteiger partial charge on any atom is 0.262 e. The van der Waals surface area contributed by atoms with Gasteiger partial charge in [0, 0.05) is 42.4 Å². The first-order valence-corrected chi connectivity index (χ1v) is 12.3. The van der Waals surface area contributed by atoms with E-state index < -0.39 is 0 Å². The molecular weight excluding hydrogens is 436 g/mol. The highest BCUT2D eigenvalue weighted by Crippen LogP contribution is 2.23. The number of rotatable bonds is 5. The molecule has 1 fully saturated rings. The summed E-state index contributed by atoms with van der Waals surface area (Å²) in [5, 5.41) is 12.8. The van der Waals surface area contributed by atoms with Gasteiger partial charge in [-0.05, 0) is 43.7 Å². The molecule has 4 aromatic rings. The molecule has 33 heavy (non-hydrogen) atoms. The summed E-state index contributed by atoms with van der Waals surface area (Å²) in [5.41, 5.74) is 3.25. The van der Waals surface area contributed by atoms with Crippen LogP contribution in [0.3, 0.4) is 0 Å². The molecule has 0 atom stereocenters. The maximum absolute atomic E-state index is 13.1. The first kappa shape index (κ1) is 21.5. The molecule has 0 saturated carbocycles. The van der Waals surface area contributed by atoms with Crippen molar-refractivity contribution in [1.82, 2.24) is 24.1 Å². The predicted octanol–water partition coefficient (Wildman–Crippen LogP) is 3.17. The van der Waals surface area contributed by atoms with E-state index in [2.05, 4.69) is 15.5 Å². The Labute approximate surface area is 195 Å². The lowest BCUT2D eigenvalue weighted by Gasteiger charge is -2.27. The Morgan fingerprint density at radius 3 is 2.67 bits per heavy atom. The van der Waals surface area contributed by atoms with Gasteiger partial charge in [0.1, 0.15) is 0 Å². The lowest BCUT2D eigenvalue weighted by molar-refractivity contribution is 0.0771. The number of thioether (sulfide) groups is 1. The van der Waals surface area contributed by atoms with Gasteiger partial charge >= 0.3 is 0 Å². The number of para-hydroxylation sites is 1. The Kier molecular flexibility index (Phi) is 5.80. The SMILES string of the molecule is CCn1c(=O)c2ccccc2n2c(CNc3cccc(C(=O)N4CCSCC4)c3C)nnc12. The molecule has 1 aliphatic rings. The minimum atomic E-state index is -0.0642. The number of aromatic nitrogens is 4. The molecule has 1 amide bonds. The number of aryl methyl sites for hydroxylation is 1. The van der Waals surface area contributed by atoms with Crippen LogP contribution >= 0.6 is 11.8 Å². The molecular formula is C24H26N6O2S. The number of carbonyl (C=O) groups excluding carboxylic acids is 1. The number of amides is 1. The first-order chi connectivity index (χ1) is 16.1. The maximum atomic E-state index is 13.1. The van der Waals surface area contributed by atoms with Gasteiger partial charge in [-0.2, -0.15) is 11.8 Å². The second kappa shape index (κ2) is 8.90. The number of hydrogen-bond acceptors (Lipinski definition) is 6. The zero-order valence-corrected chi connectivity index (χ0v) is 19.6. The summed E-state index contributed by atoms with van der Waals surface area (Å²) >= 11 is 1.89. The number of fused-ring (bicyclic) bond motifs is 3. The Balaban J connectivity index is 1.48. The molecule has 1 saturated heterocycles. The number of hydrogen-bond donors (Lipinski definition) is 1. The van der Waals surface area contributed by atoms with Gasteiger partial charge in [0.05, 0.1) is 17.4 Å². The molecule has 0 aliphatic carbocycles. The van der Waals surface area contributed by atoms with Crippen molar-refractivity contribution >= 4 is 40.0 Å². The van der Waals surface area contributed by atoms with E-state index in [1.165, 1.54) is 0 Å². The number of benzene rings is 2. The van der Waals surface area contributed by atoms with Crippen molar-refractivity contribution < 1.29 is 4.79 Å². The van der Waals surface area contributed by atoms with Crippen LogP contribution < -0.4 is 10.9 Å². The predicted molar refractivity (Wildman–Crippen MR) is 132 cm³/mol. The van der Waals surface area contributed by atoms with Crippen molar-refractivity contribution in [1.29, 1.82) is 0 Å². The lowest BCUT2D eigenvalue weighted by Crippen LogP contribution is -2.38. The third-order valence-corrected chi connectivity index (χ3v) is 7.13. The van der Waals surface area contributed by atoms with Gasteiger partial charge in [-0.15, -0.1) is 10.2 Å². The molecule has 0 bridgehead atoms. The average Bonchev–Trinajstić information content (AvgIpc) is 3.28. The molecule has 0 spiro atoms. The molecule has 0 unspecified atom stereocenters. The highest BCUT2D eigenvalue weighted by molar-refractivity contribution is 7.99. The largest absolute Gasteiger partial charge is 0.377 e. The number of nitrogens with zero attached hydrogens (tertiary/aromatic N) is 5. The molecule has 3 heterocycles. The van der Waals surface area contributed by atoms with Crippen molar-refractivity contribution in [3.63, 3.8) is 0 Å². The Morgan fingerprint density at radius 2 is 1.88 bits per heavy atom. The van der Waals surface area contributed by atoms with Crippen molar-refractivity contribution in [2.75, 3.05) is 29.9 Å². The molecule has 5 rings (SSSR count). The lowest BCUT2D eigenvalue weighted by atomic mass is 10.1. The minimum Gasteiger partial charge on any atom is -0.377 e. The van der Waals surface area contributed by atoms with Crippen LogP contribution in [0.4, 0.5) is 5.69 Å². The Bertz CT molecular complexity index is 1400. The second-order valence-electron chi connectivity index (χ2n) is 8.05. The van der Waals surface area contributed by atoms with Gasteiger partial charge in [0.2, 0.25) is 5.78 Å². The van der Waals surface area contributed by atoms with Gasteiger partial charge in [-0.1, -0.05) is 18.2 Å². The van der Waals surface area contributed by atoms with Crippen molar-refractivity contribution in [2.24, 2.45) is 0 Å². The van der Waals surface area contributed by atoms with Crippen LogP contribution in [-0.4, -0.2) is 54.6 Å². The molecule has 2 aromatic heterocycles. The summed E-state index contributed by atoms with van der Waals surface area (Å²) in [7, 11) is 0. The summed E-state index contributed by atoms with van der Waals surface area (Å²) in [6.07, 6.45) is 0. The summed E-state index contributed by atoms with van der Waals surface area (Å²) in [4.78, 5) is 27.9. The van der Waals surface area contributed by atoms with Crippen molar-refractivity contribution in [3.05, 3.63) is 69.8 Å². The fourth-order valence-electron chi connectivity index (χ4n) is 4.38. The minimum absolute atomic E-state index is 0.0642. The van der Waals surface area contributed by atoms with E-state index >= 15 is 0 Å². The quantitative estimate of drug-likeness (QED) is 0.490. The highest BCUT2D eigenvalue weighted by atomic mass is 32.2. The van der Waals surface area contributed by atoms with Crippen LogP contribution in [0.5, 0.6) is 0 Å². The normalized spacial score (nSPS) is 14.2. The Hall–Kier alpha value is -3.33. The second-order valence-corrected chi connectivity index (χ2v) is 9.28. The van der Waals surface area contributed by atoms with E-state index in [0.717, 1.165) is 46.9 Å². The first-order valence-electron chi connectivity index (χ1n) is 11.2. The number of anilines is 1. The summed E-state index contributed by atoms with van der Waals surface area (Å²) in [5.74, 6) is 3.29. The fraction of sp³-hybridized carbons (Fsp3) is 0.333. The van der Waals surface area contributed by atoms with Crippen LogP contribution in [-0.2, 0) is 13.1 Å². The van der Waals surface area contributed by atoms with Gasteiger partial charge in [0.15, 0.2) is 5.82 Å². The van der Waals surface area contributed by atoms with Crippen LogP contribution in [0, 0.1) is 6.92 Å². The van der Waals surface area contributed by atoms with Crippen molar-refractivity contribution in [3.8, 4) is 0 Å². The molecule has 1 aliphatic heterocycles. The van der Waals surface area contributed by atoms with Crippen LogP contribution in [0.2, 0.25) is 0 Å². The van der Waals surface area contributed by atoms with Crippen LogP contribution in [0.1, 0.15) is 28.7 Å². The van der Waals surface area contributed by atoms with Crippen molar-refractivity contribution in [2.45, 2.75) is 26.9 Å². The highest BCUT2D eigenvalue weighted by Gasteiger charge is 2.21. The van der Waals surface area contributed by atoms with E-state index in [9.17, 15) is 9.59 Å².